The number of carbonyl (C=O) groups is 1. The van der Waals surface area contributed by atoms with Crippen molar-refractivity contribution in [1.82, 2.24) is 0 Å². The van der Waals surface area contributed by atoms with Crippen LogP contribution in [-0.4, -0.2) is 10.9 Å². The quantitative estimate of drug-likeness (QED) is 0.830. The number of aliphatic hydroxyl groups excluding tert-OH is 1. The van der Waals surface area contributed by atoms with E-state index in [1.165, 1.54) is 11.8 Å². The molecule has 0 saturated carbocycles. The van der Waals surface area contributed by atoms with Gasteiger partial charge in [0, 0.05) is 17.7 Å². The molecular formula is C12H12O2S. The molecule has 0 spiro atoms. The van der Waals surface area contributed by atoms with Crippen LogP contribution >= 0.6 is 11.8 Å². The van der Waals surface area contributed by atoms with Gasteiger partial charge in [0.15, 0.2) is 5.78 Å². The summed E-state index contributed by atoms with van der Waals surface area (Å²) >= 11 is 1.36. The molecule has 1 aliphatic carbocycles. The first-order chi connectivity index (χ1) is 7.27. The topological polar surface area (TPSA) is 37.3 Å². The van der Waals surface area contributed by atoms with Crippen molar-refractivity contribution in [2.75, 3.05) is 0 Å². The highest BCUT2D eigenvalue weighted by atomic mass is 32.2. The van der Waals surface area contributed by atoms with Gasteiger partial charge in [-0.05, 0) is 18.6 Å². The van der Waals surface area contributed by atoms with Crippen LogP contribution in [0.4, 0.5) is 0 Å². The van der Waals surface area contributed by atoms with E-state index >= 15 is 0 Å². The van der Waals surface area contributed by atoms with Crippen LogP contribution in [0, 0.1) is 0 Å². The highest BCUT2D eigenvalue weighted by Gasteiger charge is 2.20. The van der Waals surface area contributed by atoms with Gasteiger partial charge < -0.3 is 5.11 Å². The summed E-state index contributed by atoms with van der Waals surface area (Å²) in [6, 6.07) is 9.65. The summed E-state index contributed by atoms with van der Waals surface area (Å²) in [6.45, 7) is 0. The lowest BCUT2D eigenvalue weighted by Crippen LogP contribution is -2.08. The molecular weight excluding hydrogens is 208 g/mol. The SMILES string of the molecule is O=C1CCCC(O)=C1Sc1ccccc1. The van der Waals surface area contributed by atoms with Crippen molar-refractivity contribution in [3.8, 4) is 0 Å². The number of hydrogen-bond donors (Lipinski definition) is 1. The smallest absolute Gasteiger partial charge is 0.172 e. The Morgan fingerprint density at radius 3 is 2.53 bits per heavy atom. The number of ketones is 1. The molecule has 0 unspecified atom stereocenters. The van der Waals surface area contributed by atoms with E-state index in [4.69, 9.17) is 0 Å². The second-order valence-electron chi connectivity index (χ2n) is 3.47. The highest BCUT2D eigenvalue weighted by Crippen LogP contribution is 2.33. The van der Waals surface area contributed by atoms with Crippen LogP contribution in [0.15, 0.2) is 45.9 Å². The van der Waals surface area contributed by atoms with E-state index in [9.17, 15) is 9.90 Å². The Morgan fingerprint density at radius 1 is 1.13 bits per heavy atom. The predicted octanol–water partition coefficient (Wildman–Crippen LogP) is 3.30. The molecule has 1 N–H and O–H groups in total. The van der Waals surface area contributed by atoms with E-state index in [-0.39, 0.29) is 11.5 Å². The zero-order valence-corrected chi connectivity index (χ0v) is 9.09. The largest absolute Gasteiger partial charge is 0.511 e. The highest BCUT2D eigenvalue weighted by molar-refractivity contribution is 8.04. The monoisotopic (exact) mass is 220 g/mol. The van der Waals surface area contributed by atoms with Crippen LogP contribution < -0.4 is 0 Å². The second-order valence-corrected chi connectivity index (χ2v) is 4.55. The summed E-state index contributed by atoms with van der Waals surface area (Å²) in [6.07, 6.45) is 1.95. The number of Topliss-reactive ketones (excluding diaryl/α,β-unsaturated/α-hetero) is 1. The van der Waals surface area contributed by atoms with Crippen LogP contribution in [0.25, 0.3) is 0 Å². The molecule has 2 nitrogen and oxygen atoms in total. The van der Waals surface area contributed by atoms with Crippen molar-refractivity contribution in [1.29, 1.82) is 0 Å². The molecule has 0 atom stereocenters. The summed E-state index contributed by atoms with van der Waals surface area (Å²) in [5.41, 5.74) is 0. The van der Waals surface area contributed by atoms with Crippen molar-refractivity contribution in [3.63, 3.8) is 0 Å². The van der Waals surface area contributed by atoms with Gasteiger partial charge in [0.05, 0.1) is 4.91 Å². The molecule has 0 radical (unpaired) electrons. The molecule has 0 saturated heterocycles. The minimum absolute atomic E-state index is 0.0626. The van der Waals surface area contributed by atoms with E-state index in [0.717, 1.165) is 11.3 Å². The summed E-state index contributed by atoms with van der Waals surface area (Å²) < 4.78 is 0. The first-order valence-corrected chi connectivity index (χ1v) is 5.77. The number of aliphatic hydroxyl groups is 1. The van der Waals surface area contributed by atoms with Gasteiger partial charge in [0.1, 0.15) is 5.76 Å². The van der Waals surface area contributed by atoms with E-state index in [1.54, 1.807) is 0 Å². The molecule has 0 aromatic heterocycles. The first kappa shape index (κ1) is 10.3. The van der Waals surface area contributed by atoms with E-state index in [0.29, 0.717) is 17.7 Å². The standard InChI is InChI=1S/C12H12O2S/c13-10-7-4-8-11(14)12(10)15-9-5-2-1-3-6-9/h1-3,5-6,13H,4,7-8H2. The summed E-state index contributed by atoms with van der Waals surface area (Å²) in [5, 5.41) is 9.64. The summed E-state index contributed by atoms with van der Waals surface area (Å²) in [5.74, 6) is 0.313. The third kappa shape index (κ3) is 2.42. The Balaban J connectivity index is 2.21. The van der Waals surface area contributed by atoms with Crippen molar-refractivity contribution in [2.24, 2.45) is 0 Å². The fourth-order valence-corrected chi connectivity index (χ4v) is 2.49. The number of hydrogen-bond acceptors (Lipinski definition) is 3. The number of rotatable bonds is 2. The molecule has 1 aliphatic rings. The molecule has 2 rings (SSSR count). The van der Waals surface area contributed by atoms with Crippen LogP contribution in [0.2, 0.25) is 0 Å². The third-order valence-corrected chi connectivity index (χ3v) is 3.47. The summed E-state index contributed by atoms with van der Waals surface area (Å²) in [4.78, 5) is 13.1. The van der Waals surface area contributed by atoms with Crippen molar-refractivity contribution in [3.05, 3.63) is 41.0 Å². The van der Waals surface area contributed by atoms with E-state index in [1.807, 2.05) is 30.3 Å². The Morgan fingerprint density at radius 2 is 1.87 bits per heavy atom. The van der Waals surface area contributed by atoms with Gasteiger partial charge in [-0.25, -0.2) is 0 Å². The third-order valence-electron chi connectivity index (χ3n) is 2.30. The van der Waals surface area contributed by atoms with Crippen LogP contribution in [-0.2, 0) is 4.79 Å². The molecule has 0 bridgehead atoms. The zero-order valence-electron chi connectivity index (χ0n) is 8.27. The Kier molecular flexibility index (Phi) is 3.11. The van der Waals surface area contributed by atoms with Gasteiger partial charge in [-0.1, -0.05) is 30.0 Å². The van der Waals surface area contributed by atoms with Gasteiger partial charge in [-0.3, -0.25) is 4.79 Å². The number of thioether (sulfide) groups is 1. The maximum atomic E-state index is 11.6. The second kappa shape index (κ2) is 4.53. The zero-order chi connectivity index (χ0) is 10.7. The Bertz CT molecular complexity index is 395. The van der Waals surface area contributed by atoms with Gasteiger partial charge in [-0.15, -0.1) is 0 Å². The fraction of sp³-hybridized carbons (Fsp3) is 0.250. The predicted molar refractivity (Wildman–Crippen MR) is 60.8 cm³/mol. The lowest BCUT2D eigenvalue weighted by atomic mass is 10.1. The van der Waals surface area contributed by atoms with Crippen molar-refractivity contribution < 1.29 is 9.90 Å². The average Bonchev–Trinajstić information content (AvgIpc) is 2.25. The number of carbonyl (C=O) groups excluding carboxylic acids is 1. The molecule has 0 aliphatic heterocycles. The van der Waals surface area contributed by atoms with Gasteiger partial charge in [-0.2, -0.15) is 0 Å². The first-order valence-electron chi connectivity index (χ1n) is 4.95. The fourth-order valence-electron chi connectivity index (χ4n) is 1.53. The molecule has 0 heterocycles. The molecule has 0 amide bonds. The molecule has 78 valence electrons. The van der Waals surface area contributed by atoms with Crippen molar-refractivity contribution >= 4 is 17.5 Å². The Hall–Kier alpha value is -1.22. The van der Waals surface area contributed by atoms with Crippen molar-refractivity contribution in [2.45, 2.75) is 24.2 Å². The van der Waals surface area contributed by atoms with Crippen LogP contribution in [0.1, 0.15) is 19.3 Å². The number of allylic oxidation sites excluding steroid dienone is 2. The van der Waals surface area contributed by atoms with Crippen LogP contribution in [0.3, 0.4) is 0 Å². The normalized spacial score (nSPS) is 16.9. The minimum atomic E-state index is 0.0626. The molecule has 1 aromatic rings. The lowest BCUT2D eigenvalue weighted by molar-refractivity contribution is -0.115. The lowest BCUT2D eigenvalue weighted by Gasteiger charge is -2.14. The van der Waals surface area contributed by atoms with E-state index in [2.05, 4.69) is 0 Å². The average molecular weight is 220 g/mol. The maximum Gasteiger partial charge on any atom is 0.172 e. The maximum absolute atomic E-state index is 11.6. The van der Waals surface area contributed by atoms with Crippen LogP contribution in [0.5, 0.6) is 0 Å². The van der Waals surface area contributed by atoms with Gasteiger partial charge in [0.25, 0.3) is 0 Å². The summed E-state index contributed by atoms with van der Waals surface area (Å²) in [7, 11) is 0. The van der Waals surface area contributed by atoms with E-state index < -0.39 is 0 Å². The molecule has 0 fully saturated rings. The Labute approximate surface area is 93.0 Å². The molecule has 15 heavy (non-hydrogen) atoms. The molecule has 3 heteroatoms. The molecule has 1 aromatic carbocycles. The van der Waals surface area contributed by atoms with Gasteiger partial charge in [0.2, 0.25) is 0 Å². The van der Waals surface area contributed by atoms with Gasteiger partial charge >= 0.3 is 0 Å². The number of benzene rings is 1. The minimum Gasteiger partial charge on any atom is -0.511 e.